The van der Waals surface area contributed by atoms with E-state index < -0.39 is 10.0 Å². The largest absolute Gasteiger partial charge is 0.341 e. The molecule has 0 aliphatic carbocycles. The van der Waals surface area contributed by atoms with Gasteiger partial charge in [-0.05, 0) is 72.3 Å². The molecule has 7 nitrogen and oxygen atoms in total. The molecule has 1 amide bonds. The van der Waals surface area contributed by atoms with Crippen LogP contribution in [0.3, 0.4) is 0 Å². The predicted molar refractivity (Wildman–Crippen MR) is 132 cm³/mol. The molecular weight excluding hydrogens is 456 g/mol. The van der Waals surface area contributed by atoms with Crippen LogP contribution in [0.4, 0.5) is 22.7 Å². The molecular formula is C24H20N4O3S2. The summed E-state index contributed by atoms with van der Waals surface area (Å²) in [6.07, 6.45) is 1.03. The lowest BCUT2D eigenvalue weighted by molar-refractivity contribution is 0.102. The lowest BCUT2D eigenvalue weighted by Crippen LogP contribution is -2.35. The van der Waals surface area contributed by atoms with E-state index >= 15 is 0 Å². The van der Waals surface area contributed by atoms with Crippen LogP contribution in [0.2, 0.25) is 0 Å². The molecule has 3 aliphatic rings. The minimum Gasteiger partial charge on any atom is -0.341 e. The maximum absolute atomic E-state index is 12.9. The Balaban J connectivity index is 1.18. The monoisotopic (exact) mass is 476 g/mol. The van der Waals surface area contributed by atoms with Crippen LogP contribution in [0.25, 0.3) is 0 Å². The van der Waals surface area contributed by atoms with Crippen LogP contribution in [0.1, 0.15) is 15.9 Å². The third kappa shape index (κ3) is 3.67. The Hall–Kier alpha value is -3.30. The summed E-state index contributed by atoms with van der Waals surface area (Å²) in [6, 6.07) is 21.7. The van der Waals surface area contributed by atoms with Gasteiger partial charge in [-0.3, -0.25) is 4.79 Å². The van der Waals surface area contributed by atoms with Gasteiger partial charge in [-0.25, -0.2) is 8.42 Å². The summed E-state index contributed by atoms with van der Waals surface area (Å²) in [6.45, 7) is 1.32. The maximum atomic E-state index is 12.9. The van der Waals surface area contributed by atoms with Gasteiger partial charge in [-0.1, -0.05) is 18.2 Å². The van der Waals surface area contributed by atoms with E-state index in [2.05, 4.69) is 38.9 Å². The average Bonchev–Trinajstić information content (AvgIpc) is 3.39. The highest BCUT2D eigenvalue weighted by Gasteiger charge is 2.33. The molecule has 3 aromatic rings. The zero-order chi connectivity index (χ0) is 22.6. The number of fused-ring (bicyclic) bond motifs is 4. The molecule has 0 saturated carbocycles. The van der Waals surface area contributed by atoms with Crippen LogP contribution < -0.4 is 15.1 Å². The van der Waals surface area contributed by atoms with Crippen LogP contribution in [0.15, 0.2) is 76.0 Å². The lowest BCUT2D eigenvalue weighted by Gasteiger charge is -2.22. The molecule has 0 fully saturated rings. The Kier molecular flexibility index (Phi) is 4.70. The van der Waals surface area contributed by atoms with Crippen molar-refractivity contribution in [2.24, 2.45) is 4.40 Å². The van der Waals surface area contributed by atoms with Crippen molar-refractivity contribution < 1.29 is 13.2 Å². The highest BCUT2D eigenvalue weighted by molar-refractivity contribution is 8.15. The molecule has 0 saturated heterocycles. The molecule has 166 valence electrons. The quantitative estimate of drug-likeness (QED) is 0.609. The number of para-hydroxylation sites is 1. The first-order valence-corrected chi connectivity index (χ1v) is 13.1. The van der Waals surface area contributed by atoms with Gasteiger partial charge in [0.1, 0.15) is 0 Å². The van der Waals surface area contributed by atoms with E-state index in [1.54, 1.807) is 12.1 Å². The van der Waals surface area contributed by atoms with Crippen LogP contribution in [-0.2, 0) is 16.4 Å². The average molecular weight is 477 g/mol. The van der Waals surface area contributed by atoms with Gasteiger partial charge in [0.15, 0.2) is 5.17 Å². The summed E-state index contributed by atoms with van der Waals surface area (Å²) in [5.74, 6) is -0.213. The molecule has 0 unspecified atom stereocenters. The number of rotatable bonds is 3. The van der Waals surface area contributed by atoms with Gasteiger partial charge >= 0.3 is 0 Å². The topological polar surface area (TPSA) is 82.1 Å². The van der Waals surface area contributed by atoms with E-state index in [9.17, 15) is 13.2 Å². The second kappa shape index (κ2) is 7.64. The number of benzene rings is 3. The van der Waals surface area contributed by atoms with Crippen molar-refractivity contribution in [2.45, 2.75) is 11.3 Å². The van der Waals surface area contributed by atoms with Crippen molar-refractivity contribution >= 4 is 55.6 Å². The van der Waals surface area contributed by atoms with Crippen LogP contribution >= 0.6 is 11.8 Å². The number of nitrogens with zero attached hydrogens (tertiary/aromatic N) is 3. The fourth-order valence-corrected chi connectivity index (χ4v) is 6.70. The second-order valence-electron chi connectivity index (χ2n) is 8.13. The number of sulfonamides is 1. The summed E-state index contributed by atoms with van der Waals surface area (Å²) in [7, 11) is -3.41. The van der Waals surface area contributed by atoms with Crippen molar-refractivity contribution in [3.63, 3.8) is 0 Å². The van der Waals surface area contributed by atoms with Gasteiger partial charge in [-0.2, -0.15) is 0 Å². The third-order valence-electron chi connectivity index (χ3n) is 6.06. The summed E-state index contributed by atoms with van der Waals surface area (Å²) >= 11 is 1.28. The fourth-order valence-electron chi connectivity index (χ4n) is 4.41. The summed E-state index contributed by atoms with van der Waals surface area (Å²) in [5, 5.41) is 3.41. The Bertz CT molecular complexity index is 1420. The highest BCUT2D eigenvalue weighted by Crippen LogP contribution is 2.42. The molecule has 0 spiro atoms. The standard InChI is InChI=1S/C24H20N4O3S2/c29-23(17-5-10-21-22(15-17)32-24-26-33(30,31)14-13-28(21)24)25-18-6-8-19(9-7-18)27-12-11-16-3-1-2-4-20(16)27/h1-10,15H,11-14H2,(H,25,29). The summed E-state index contributed by atoms with van der Waals surface area (Å²) < 4.78 is 27.5. The first-order valence-electron chi connectivity index (χ1n) is 10.7. The molecule has 0 aromatic heterocycles. The van der Waals surface area contributed by atoms with E-state index in [1.165, 1.54) is 23.0 Å². The van der Waals surface area contributed by atoms with Gasteiger partial charge in [0.25, 0.3) is 15.9 Å². The molecule has 1 N–H and O–H groups in total. The second-order valence-corrected chi connectivity index (χ2v) is 10.9. The maximum Gasteiger partial charge on any atom is 0.257 e. The minimum absolute atomic E-state index is 0.00224. The van der Waals surface area contributed by atoms with Gasteiger partial charge in [0.05, 0.1) is 11.4 Å². The number of hydrogen-bond acceptors (Lipinski definition) is 6. The third-order valence-corrected chi connectivity index (χ3v) is 8.37. The highest BCUT2D eigenvalue weighted by atomic mass is 32.2. The van der Waals surface area contributed by atoms with Crippen molar-refractivity contribution in [3.05, 3.63) is 77.9 Å². The van der Waals surface area contributed by atoms with Crippen LogP contribution in [0.5, 0.6) is 0 Å². The van der Waals surface area contributed by atoms with Crippen molar-refractivity contribution in [1.82, 2.24) is 0 Å². The molecule has 3 aliphatic heterocycles. The van der Waals surface area contributed by atoms with Gasteiger partial charge in [0, 0.05) is 40.6 Å². The number of anilines is 4. The number of carbonyl (C=O) groups is 1. The Labute approximate surface area is 196 Å². The SMILES string of the molecule is O=C(Nc1ccc(N2CCc3ccccc32)cc1)c1ccc2c(c1)SC1=NS(=O)(=O)CCN12. The Morgan fingerprint density at radius 2 is 1.76 bits per heavy atom. The molecule has 3 aromatic carbocycles. The predicted octanol–water partition coefficient (Wildman–Crippen LogP) is 4.24. The zero-order valence-electron chi connectivity index (χ0n) is 17.6. The number of amidine groups is 1. The Morgan fingerprint density at radius 3 is 2.61 bits per heavy atom. The van der Waals surface area contributed by atoms with Crippen molar-refractivity contribution in [3.8, 4) is 0 Å². The zero-order valence-corrected chi connectivity index (χ0v) is 19.2. The molecule has 0 atom stereocenters. The van der Waals surface area contributed by atoms with E-state index in [0.29, 0.717) is 17.3 Å². The first kappa shape index (κ1) is 20.3. The van der Waals surface area contributed by atoms with E-state index in [0.717, 1.165) is 34.9 Å². The Morgan fingerprint density at radius 1 is 0.939 bits per heavy atom. The molecule has 0 bridgehead atoms. The first-order chi connectivity index (χ1) is 16.0. The van der Waals surface area contributed by atoms with Gasteiger partial charge in [-0.15, -0.1) is 4.40 Å². The normalized spacial score (nSPS) is 17.8. The van der Waals surface area contributed by atoms with Gasteiger partial charge < -0.3 is 15.1 Å². The summed E-state index contributed by atoms with van der Waals surface area (Å²) in [5.41, 5.74) is 5.81. The van der Waals surface area contributed by atoms with E-state index in [4.69, 9.17) is 0 Å². The minimum atomic E-state index is -3.41. The molecule has 3 heterocycles. The number of nitrogens with one attached hydrogen (secondary N) is 1. The molecule has 0 radical (unpaired) electrons. The van der Waals surface area contributed by atoms with Crippen molar-refractivity contribution in [1.29, 1.82) is 0 Å². The van der Waals surface area contributed by atoms with Crippen LogP contribution in [0, 0.1) is 0 Å². The number of hydrogen-bond donors (Lipinski definition) is 1. The van der Waals surface area contributed by atoms with E-state index in [1.807, 2.05) is 35.2 Å². The molecule has 33 heavy (non-hydrogen) atoms. The van der Waals surface area contributed by atoms with Crippen LogP contribution in [-0.4, -0.2) is 38.3 Å². The van der Waals surface area contributed by atoms with E-state index in [-0.39, 0.29) is 11.7 Å². The summed E-state index contributed by atoms with van der Waals surface area (Å²) in [4.78, 5) is 17.9. The lowest BCUT2D eigenvalue weighted by atomic mass is 10.1. The molecule has 9 heteroatoms. The smallest absolute Gasteiger partial charge is 0.257 e. The van der Waals surface area contributed by atoms with Gasteiger partial charge in [0.2, 0.25) is 0 Å². The number of thioether (sulfide) groups is 1. The van der Waals surface area contributed by atoms with Crippen molar-refractivity contribution in [2.75, 3.05) is 34.0 Å². The fraction of sp³-hybridized carbons (Fsp3) is 0.167. The number of amides is 1. The number of carbonyl (C=O) groups excluding carboxylic acids is 1. The molecule has 6 rings (SSSR count).